The Morgan fingerprint density at radius 2 is 1.80 bits per heavy atom. The summed E-state index contributed by atoms with van der Waals surface area (Å²) in [5.41, 5.74) is 18.1. The van der Waals surface area contributed by atoms with Crippen LogP contribution in [-0.2, 0) is 6.54 Å². The summed E-state index contributed by atoms with van der Waals surface area (Å²) in [6.45, 7) is 2.76. The van der Waals surface area contributed by atoms with Crippen LogP contribution in [0.2, 0.25) is 0 Å². The molecule has 1 aliphatic carbocycles. The monoisotopic (exact) mass is 610 g/mol. The number of pyridine rings is 2. The van der Waals surface area contributed by atoms with E-state index in [1.165, 1.54) is 5.56 Å². The van der Waals surface area contributed by atoms with Crippen LogP contribution < -0.4 is 16.8 Å². The standard InChI is InChI=1S/C34H34N12/c35-18-23(20-40-24-5-6-24)28-9-10-29-34(42-28)46(33(43-29)27-2-1-14-39-32(27)37)26-7-3-22(4-8-26)21-45-16-12-25(13-17-45)41-30-11-15-38-31(19-36)44-30/h1-4,7-11,14-15,18,20,24-25H,5-6,12-13,16-17,21,35H2,(H2,37,39)(H,38,41,44)/b23-18+,40-20?. The van der Waals surface area contributed by atoms with Crippen LogP contribution in [0.3, 0.4) is 0 Å². The number of piperidine rings is 1. The van der Waals surface area contributed by atoms with E-state index in [4.69, 9.17) is 26.7 Å². The van der Waals surface area contributed by atoms with Crippen molar-refractivity contribution in [3.63, 3.8) is 0 Å². The van der Waals surface area contributed by atoms with E-state index in [2.05, 4.69) is 54.4 Å². The fourth-order valence-electron chi connectivity index (χ4n) is 5.70. The van der Waals surface area contributed by atoms with Crippen LogP contribution in [0.4, 0.5) is 11.6 Å². The molecular weight excluding hydrogens is 576 g/mol. The van der Waals surface area contributed by atoms with Gasteiger partial charge in [-0.25, -0.2) is 24.9 Å². The number of aromatic nitrogens is 6. The van der Waals surface area contributed by atoms with E-state index in [1.54, 1.807) is 24.7 Å². The third-order valence-electron chi connectivity index (χ3n) is 8.33. The van der Waals surface area contributed by atoms with E-state index in [9.17, 15) is 0 Å². The Kier molecular flexibility index (Phi) is 8.05. The number of likely N-dealkylation sites (tertiary alicyclic amines) is 1. The number of allylic oxidation sites excluding steroid dienone is 1. The molecule has 1 aliphatic heterocycles. The van der Waals surface area contributed by atoms with Gasteiger partial charge in [0.1, 0.15) is 23.2 Å². The number of hydrogen-bond acceptors (Lipinski definition) is 11. The van der Waals surface area contributed by atoms with E-state index in [0.717, 1.165) is 73.4 Å². The molecule has 12 heteroatoms. The largest absolute Gasteiger partial charge is 0.404 e. The van der Waals surface area contributed by atoms with Crippen molar-refractivity contribution in [1.82, 2.24) is 34.4 Å². The van der Waals surface area contributed by atoms with Gasteiger partial charge in [-0.2, -0.15) is 5.26 Å². The van der Waals surface area contributed by atoms with Gasteiger partial charge in [0.05, 0.1) is 17.3 Å². The molecule has 1 aromatic carbocycles. The highest BCUT2D eigenvalue weighted by Gasteiger charge is 2.22. The smallest absolute Gasteiger partial charge is 0.234 e. The number of anilines is 2. The fourth-order valence-corrected chi connectivity index (χ4v) is 5.70. The molecule has 0 spiro atoms. The zero-order valence-electron chi connectivity index (χ0n) is 25.3. The Hall–Kier alpha value is -5.67. The molecule has 5 heterocycles. The first-order valence-electron chi connectivity index (χ1n) is 15.4. The molecule has 2 aliphatic rings. The van der Waals surface area contributed by atoms with Gasteiger partial charge in [-0.1, -0.05) is 12.1 Å². The van der Waals surface area contributed by atoms with E-state index in [0.29, 0.717) is 35.2 Å². The molecule has 0 bridgehead atoms. The number of nitrogens with two attached hydrogens (primary N) is 2. The van der Waals surface area contributed by atoms with E-state index >= 15 is 0 Å². The highest BCUT2D eigenvalue weighted by Crippen LogP contribution is 2.31. The van der Waals surface area contributed by atoms with Gasteiger partial charge in [-0.05, 0) is 73.7 Å². The van der Waals surface area contributed by atoms with Crippen molar-refractivity contribution < 1.29 is 0 Å². The molecule has 5 N–H and O–H groups in total. The number of fused-ring (bicyclic) bond motifs is 1. The predicted molar refractivity (Wildman–Crippen MR) is 179 cm³/mol. The average Bonchev–Trinajstić information content (AvgIpc) is 3.85. The fraction of sp³-hybridized carbons (Fsp3) is 0.265. The van der Waals surface area contributed by atoms with Crippen LogP contribution >= 0.6 is 0 Å². The van der Waals surface area contributed by atoms with Gasteiger partial charge < -0.3 is 16.8 Å². The van der Waals surface area contributed by atoms with Crippen LogP contribution in [0.5, 0.6) is 0 Å². The Balaban J connectivity index is 1.12. The lowest BCUT2D eigenvalue weighted by atomic mass is 10.0. The van der Waals surface area contributed by atoms with Gasteiger partial charge in [-0.15, -0.1) is 0 Å². The quantitative estimate of drug-likeness (QED) is 0.204. The molecule has 7 rings (SSSR count). The molecule has 0 amide bonds. The van der Waals surface area contributed by atoms with Crippen LogP contribution in [0.1, 0.15) is 42.8 Å². The van der Waals surface area contributed by atoms with Crippen LogP contribution in [-0.4, -0.2) is 65.8 Å². The predicted octanol–water partition coefficient (Wildman–Crippen LogP) is 4.34. The SMILES string of the molecule is N#Cc1nccc(NC2CCN(Cc3ccc(-n4c(-c5cccnc5N)nc5ccc(/C(C=NC6CC6)=C/N)nc54)cc3)CC2)n1. The number of nitrogens with one attached hydrogen (secondary N) is 1. The maximum Gasteiger partial charge on any atom is 0.234 e. The van der Waals surface area contributed by atoms with Gasteiger partial charge in [-0.3, -0.25) is 14.5 Å². The lowest BCUT2D eigenvalue weighted by Crippen LogP contribution is -2.38. The van der Waals surface area contributed by atoms with Crippen LogP contribution in [0.15, 0.2) is 78.2 Å². The summed E-state index contributed by atoms with van der Waals surface area (Å²) in [6.07, 6.45) is 10.9. The number of hydrogen-bond donors (Lipinski definition) is 3. The molecule has 0 atom stereocenters. The number of rotatable bonds is 9. The third kappa shape index (κ3) is 6.27. The third-order valence-corrected chi connectivity index (χ3v) is 8.33. The number of nitriles is 1. The first-order valence-corrected chi connectivity index (χ1v) is 15.4. The minimum atomic E-state index is 0.178. The van der Waals surface area contributed by atoms with Crippen LogP contribution in [0.25, 0.3) is 33.8 Å². The summed E-state index contributed by atoms with van der Waals surface area (Å²) in [4.78, 5) is 29.6. The van der Waals surface area contributed by atoms with Gasteiger partial charge >= 0.3 is 0 Å². The van der Waals surface area contributed by atoms with Crippen molar-refractivity contribution in [2.45, 2.75) is 44.3 Å². The first-order chi connectivity index (χ1) is 22.6. The second kappa shape index (κ2) is 12.7. The van der Waals surface area contributed by atoms with Gasteiger partial charge in [0.25, 0.3) is 0 Å². The normalized spacial score (nSPS) is 16.2. The number of benzene rings is 1. The minimum Gasteiger partial charge on any atom is -0.404 e. The van der Waals surface area contributed by atoms with Gasteiger partial charge in [0, 0.05) is 61.7 Å². The van der Waals surface area contributed by atoms with Gasteiger partial charge in [0.15, 0.2) is 11.5 Å². The highest BCUT2D eigenvalue weighted by atomic mass is 15.2. The molecular formula is C34H34N12. The lowest BCUT2D eigenvalue weighted by Gasteiger charge is -2.32. The Morgan fingerprint density at radius 1 is 0.978 bits per heavy atom. The lowest BCUT2D eigenvalue weighted by molar-refractivity contribution is 0.211. The van der Waals surface area contributed by atoms with E-state index < -0.39 is 0 Å². The summed E-state index contributed by atoms with van der Waals surface area (Å²) < 4.78 is 2.03. The molecule has 230 valence electrons. The Morgan fingerprint density at radius 3 is 2.54 bits per heavy atom. The van der Waals surface area contributed by atoms with Gasteiger partial charge in [0.2, 0.25) is 5.82 Å². The zero-order chi connectivity index (χ0) is 31.5. The van der Waals surface area contributed by atoms with Crippen molar-refractivity contribution in [3.8, 4) is 23.1 Å². The van der Waals surface area contributed by atoms with E-state index in [-0.39, 0.29) is 5.82 Å². The zero-order valence-corrected chi connectivity index (χ0v) is 25.3. The topological polar surface area (TPSA) is 173 Å². The number of imidazole rings is 1. The van der Waals surface area contributed by atoms with Crippen molar-refractivity contribution in [3.05, 3.63) is 90.3 Å². The van der Waals surface area contributed by atoms with Crippen molar-refractivity contribution in [2.75, 3.05) is 24.1 Å². The minimum absolute atomic E-state index is 0.178. The number of nitrogens with zero attached hydrogens (tertiary/aromatic N) is 9. The molecule has 46 heavy (non-hydrogen) atoms. The number of aliphatic imine (C=N–C) groups is 1. The number of nitrogen functional groups attached to an aromatic ring is 1. The van der Waals surface area contributed by atoms with E-state index in [1.807, 2.05) is 41.1 Å². The van der Waals surface area contributed by atoms with Crippen molar-refractivity contribution in [1.29, 1.82) is 5.26 Å². The molecule has 1 saturated carbocycles. The summed E-state index contributed by atoms with van der Waals surface area (Å²) in [7, 11) is 0. The second-order valence-electron chi connectivity index (χ2n) is 11.6. The Bertz CT molecular complexity index is 1960. The maximum absolute atomic E-state index is 9.08. The Labute approximate surface area is 266 Å². The summed E-state index contributed by atoms with van der Waals surface area (Å²) >= 11 is 0. The summed E-state index contributed by atoms with van der Waals surface area (Å²) in [5.74, 6) is 1.95. The summed E-state index contributed by atoms with van der Waals surface area (Å²) in [5, 5.41) is 12.5. The molecule has 5 aromatic rings. The van der Waals surface area contributed by atoms with Crippen molar-refractivity contribution in [2.24, 2.45) is 10.7 Å². The maximum atomic E-state index is 9.08. The molecule has 4 aromatic heterocycles. The van der Waals surface area contributed by atoms with Crippen molar-refractivity contribution >= 4 is 34.6 Å². The van der Waals surface area contributed by atoms with Crippen LogP contribution in [0, 0.1) is 11.3 Å². The highest BCUT2D eigenvalue weighted by molar-refractivity contribution is 6.09. The molecule has 2 fully saturated rings. The molecule has 0 unspecified atom stereocenters. The second-order valence-corrected chi connectivity index (χ2v) is 11.6. The average molecular weight is 611 g/mol. The molecule has 0 radical (unpaired) electrons. The first kappa shape index (κ1) is 29.1. The molecule has 1 saturated heterocycles. The summed E-state index contributed by atoms with van der Waals surface area (Å²) in [6, 6.07) is 20.7. The molecule has 12 nitrogen and oxygen atoms in total.